The highest BCUT2D eigenvalue weighted by Gasteiger charge is 2.20. The highest BCUT2D eigenvalue weighted by molar-refractivity contribution is 6.17. The third-order valence-electron chi connectivity index (χ3n) is 3.27. The van der Waals surface area contributed by atoms with Gasteiger partial charge in [0.1, 0.15) is 0 Å². The van der Waals surface area contributed by atoms with E-state index in [-0.39, 0.29) is 0 Å². The Kier molecular flexibility index (Phi) is 5.83. The van der Waals surface area contributed by atoms with Crippen LogP contribution in [-0.2, 0) is 0 Å². The predicted octanol–water partition coefficient (Wildman–Crippen LogP) is 2.03. The first-order valence-electron chi connectivity index (χ1n) is 5.76. The summed E-state index contributed by atoms with van der Waals surface area (Å²) in [6, 6.07) is 0.793. The molecule has 0 aliphatic carbocycles. The van der Waals surface area contributed by atoms with Crippen molar-refractivity contribution in [3.63, 3.8) is 0 Å². The molecule has 0 aromatic heterocycles. The lowest BCUT2D eigenvalue weighted by atomic mass is 10.0. The molecule has 1 heterocycles. The average molecular weight is 219 g/mol. The minimum absolute atomic E-state index is 0.790. The molecule has 1 aliphatic heterocycles. The Morgan fingerprint density at radius 1 is 1.36 bits per heavy atom. The maximum atomic E-state index is 5.70. The summed E-state index contributed by atoms with van der Waals surface area (Å²) >= 11 is 5.70. The van der Waals surface area contributed by atoms with Crippen molar-refractivity contribution in [3.05, 3.63) is 0 Å². The van der Waals surface area contributed by atoms with Crippen LogP contribution in [0.25, 0.3) is 0 Å². The second kappa shape index (κ2) is 6.65. The first-order valence-corrected chi connectivity index (χ1v) is 6.30. The zero-order chi connectivity index (χ0) is 10.4. The fraction of sp³-hybridized carbons (Fsp3) is 1.00. The van der Waals surface area contributed by atoms with Gasteiger partial charge in [-0.1, -0.05) is 6.92 Å². The summed E-state index contributed by atoms with van der Waals surface area (Å²) in [5.41, 5.74) is 0. The van der Waals surface area contributed by atoms with Gasteiger partial charge in [-0.2, -0.15) is 0 Å². The Morgan fingerprint density at radius 2 is 2.00 bits per heavy atom. The third-order valence-corrected chi connectivity index (χ3v) is 3.54. The fourth-order valence-corrected chi connectivity index (χ4v) is 2.29. The van der Waals surface area contributed by atoms with E-state index in [0.717, 1.165) is 24.9 Å². The summed E-state index contributed by atoms with van der Waals surface area (Å²) in [5.74, 6) is 0.790. The minimum atomic E-state index is 0.790. The van der Waals surface area contributed by atoms with Crippen molar-refractivity contribution in [2.45, 2.75) is 32.2 Å². The monoisotopic (exact) mass is 218 g/mol. The summed E-state index contributed by atoms with van der Waals surface area (Å²) in [5, 5.41) is 0. The lowest BCUT2D eigenvalue weighted by Crippen LogP contribution is -2.43. The van der Waals surface area contributed by atoms with Gasteiger partial charge in [-0.3, -0.25) is 0 Å². The van der Waals surface area contributed by atoms with Gasteiger partial charge in [0, 0.05) is 11.9 Å². The Bertz CT molecular complexity index is 144. The van der Waals surface area contributed by atoms with Gasteiger partial charge in [-0.15, -0.1) is 11.6 Å². The van der Waals surface area contributed by atoms with E-state index in [1.54, 1.807) is 0 Å². The topological polar surface area (TPSA) is 6.48 Å². The molecule has 2 nitrogen and oxygen atoms in total. The van der Waals surface area contributed by atoms with Crippen LogP contribution in [0, 0.1) is 0 Å². The van der Waals surface area contributed by atoms with Crippen LogP contribution in [0.15, 0.2) is 0 Å². The standard InChI is InChI=1S/C11H23ClN2/c1-3-14-9-5-11(6-10-14)13(2)8-4-7-12/h11H,3-10H2,1-2H3. The molecule has 1 fully saturated rings. The molecular weight excluding hydrogens is 196 g/mol. The molecule has 0 N–H and O–H groups in total. The third kappa shape index (κ3) is 3.76. The maximum Gasteiger partial charge on any atom is 0.0235 e. The van der Waals surface area contributed by atoms with Crippen molar-refractivity contribution in [3.8, 4) is 0 Å². The van der Waals surface area contributed by atoms with Gasteiger partial charge < -0.3 is 9.80 Å². The summed E-state index contributed by atoms with van der Waals surface area (Å²) in [6.45, 7) is 7.15. The number of nitrogens with zero attached hydrogens (tertiary/aromatic N) is 2. The zero-order valence-corrected chi connectivity index (χ0v) is 10.3. The molecular formula is C11H23ClN2. The van der Waals surface area contributed by atoms with Crippen molar-refractivity contribution < 1.29 is 0 Å². The van der Waals surface area contributed by atoms with E-state index < -0.39 is 0 Å². The minimum Gasteiger partial charge on any atom is -0.303 e. The first-order chi connectivity index (χ1) is 6.77. The van der Waals surface area contributed by atoms with Crippen LogP contribution in [-0.4, -0.2) is 54.9 Å². The number of rotatable bonds is 5. The molecule has 0 atom stereocenters. The Balaban J connectivity index is 2.19. The average Bonchev–Trinajstić information content (AvgIpc) is 2.26. The molecule has 0 saturated carbocycles. The molecule has 1 aliphatic rings. The van der Waals surface area contributed by atoms with Crippen LogP contribution in [0.4, 0.5) is 0 Å². The van der Waals surface area contributed by atoms with Crippen molar-refractivity contribution in [2.24, 2.45) is 0 Å². The zero-order valence-electron chi connectivity index (χ0n) is 9.51. The van der Waals surface area contributed by atoms with E-state index in [9.17, 15) is 0 Å². The molecule has 0 aromatic rings. The molecule has 3 heteroatoms. The molecule has 0 bridgehead atoms. The molecule has 14 heavy (non-hydrogen) atoms. The molecule has 0 amide bonds. The Labute approximate surface area is 93.2 Å². The van der Waals surface area contributed by atoms with Crippen molar-refractivity contribution in [1.82, 2.24) is 9.80 Å². The highest BCUT2D eigenvalue weighted by atomic mass is 35.5. The Morgan fingerprint density at radius 3 is 2.50 bits per heavy atom. The number of hydrogen-bond acceptors (Lipinski definition) is 2. The second-order valence-corrected chi connectivity index (χ2v) is 4.57. The lowest BCUT2D eigenvalue weighted by Gasteiger charge is -2.36. The first kappa shape index (κ1) is 12.3. The van der Waals surface area contributed by atoms with Gasteiger partial charge >= 0.3 is 0 Å². The van der Waals surface area contributed by atoms with E-state index in [1.165, 1.54) is 32.5 Å². The summed E-state index contributed by atoms with van der Waals surface area (Å²) in [6.07, 6.45) is 3.77. The quantitative estimate of drug-likeness (QED) is 0.652. The van der Waals surface area contributed by atoms with E-state index in [2.05, 4.69) is 23.8 Å². The van der Waals surface area contributed by atoms with Crippen molar-refractivity contribution in [1.29, 1.82) is 0 Å². The number of piperidine rings is 1. The van der Waals surface area contributed by atoms with Crippen LogP contribution >= 0.6 is 11.6 Å². The van der Waals surface area contributed by atoms with Gasteiger partial charge in [0.2, 0.25) is 0 Å². The van der Waals surface area contributed by atoms with E-state index in [4.69, 9.17) is 11.6 Å². The van der Waals surface area contributed by atoms with Crippen LogP contribution < -0.4 is 0 Å². The summed E-state index contributed by atoms with van der Waals surface area (Å²) in [4.78, 5) is 5.02. The van der Waals surface area contributed by atoms with Gasteiger partial charge in [0.05, 0.1) is 0 Å². The molecule has 0 spiro atoms. The van der Waals surface area contributed by atoms with Gasteiger partial charge in [-0.05, 0) is 52.5 Å². The predicted molar refractivity (Wildman–Crippen MR) is 63.1 cm³/mol. The van der Waals surface area contributed by atoms with Crippen LogP contribution in [0.2, 0.25) is 0 Å². The van der Waals surface area contributed by atoms with E-state index >= 15 is 0 Å². The van der Waals surface area contributed by atoms with Gasteiger partial charge in [-0.25, -0.2) is 0 Å². The van der Waals surface area contributed by atoms with Crippen molar-refractivity contribution >= 4 is 11.6 Å². The van der Waals surface area contributed by atoms with E-state index in [0.29, 0.717) is 0 Å². The molecule has 1 rings (SSSR count). The smallest absolute Gasteiger partial charge is 0.0235 e. The number of halogens is 1. The van der Waals surface area contributed by atoms with E-state index in [1.807, 2.05) is 0 Å². The fourth-order valence-electron chi connectivity index (χ4n) is 2.17. The summed E-state index contributed by atoms with van der Waals surface area (Å²) in [7, 11) is 2.23. The molecule has 0 unspecified atom stereocenters. The highest BCUT2D eigenvalue weighted by Crippen LogP contribution is 2.15. The molecule has 0 radical (unpaired) electrons. The van der Waals surface area contributed by atoms with Crippen LogP contribution in [0.1, 0.15) is 26.2 Å². The second-order valence-electron chi connectivity index (χ2n) is 4.19. The molecule has 0 aromatic carbocycles. The van der Waals surface area contributed by atoms with Crippen molar-refractivity contribution in [2.75, 3.05) is 39.1 Å². The number of likely N-dealkylation sites (tertiary alicyclic amines) is 1. The van der Waals surface area contributed by atoms with Crippen LogP contribution in [0.5, 0.6) is 0 Å². The maximum absolute atomic E-state index is 5.70. The van der Waals surface area contributed by atoms with Gasteiger partial charge in [0.15, 0.2) is 0 Å². The summed E-state index contributed by atoms with van der Waals surface area (Å²) < 4.78 is 0. The lowest BCUT2D eigenvalue weighted by molar-refractivity contribution is 0.132. The SMILES string of the molecule is CCN1CCC(N(C)CCCCl)CC1. The molecule has 84 valence electrons. The van der Waals surface area contributed by atoms with Crippen LogP contribution in [0.3, 0.4) is 0 Å². The molecule has 1 saturated heterocycles. The Hall–Kier alpha value is 0.210. The number of hydrogen-bond donors (Lipinski definition) is 0. The normalized spacial score (nSPS) is 20.6. The van der Waals surface area contributed by atoms with Gasteiger partial charge in [0.25, 0.3) is 0 Å². The largest absolute Gasteiger partial charge is 0.303 e. The number of alkyl halides is 1.